The normalized spacial score (nSPS) is 10.7. The molecule has 4 rings (SSSR count). The Morgan fingerprint density at radius 3 is 1.80 bits per heavy atom. The van der Waals surface area contributed by atoms with E-state index in [1.807, 2.05) is 66.7 Å². The summed E-state index contributed by atoms with van der Waals surface area (Å²) >= 11 is 5.09. The molecular weight excluding hydrogens is 332 g/mol. The minimum absolute atomic E-state index is 0.310. The first-order chi connectivity index (χ1) is 12.2. The third kappa shape index (κ3) is 2.92. The maximum atomic E-state index is 5.95. The summed E-state index contributed by atoms with van der Waals surface area (Å²) in [7, 11) is 0. The number of H-pyrrole nitrogens is 1. The average molecular weight is 346 g/mol. The van der Waals surface area contributed by atoms with E-state index in [9.17, 15) is 0 Å². The van der Waals surface area contributed by atoms with E-state index in [-0.39, 0.29) is 0 Å². The number of nitrogens with zero attached hydrogens (tertiary/aromatic N) is 4. The van der Waals surface area contributed by atoms with Gasteiger partial charge in [-0.05, 0) is 18.3 Å². The summed E-state index contributed by atoms with van der Waals surface area (Å²) in [5.74, 6) is 6.75. The Kier molecular flexibility index (Phi) is 3.83. The number of aromatic amines is 1. The van der Waals surface area contributed by atoms with Crippen molar-refractivity contribution in [1.29, 1.82) is 0 Å². The fourth-order valence-corrected chi connectivity index (χ4v) is 2.66. The lowest BCUT2D eigenvalue weighted by molar-refractivity contribution is 0.965. The molecule has 6 nitrogen and oxygen atoms in total. The number of nitrogen functional groups attached to an aromatic ring is 1. The lowest BCUT2D eigenvalue weighted by Crippen LogP contribution is -2.11. The van der Waals surface area contributed by atoms with E-state index in [4.69, 9.17) is 18.1 Å². The summed E-state index contributed by atoms with van der Waals surface area (Å²) in [5.41, 5.74) is 3.55. The predicted octanol–water partition coefficient (Wildman–Crippen LogP) is 3.45. The van der Waals surface area contributed by atoms with Crippen LogP contribution in [0.4, 0.5) is 0 Å². The Balaban J connectivity index is 1.95. The number of benzene rings is 2. The summed E-state index contributed by atoms with van der Waals surface area (Å²) in [6.45, 7) is 0. The molecule has 0 saturated heterocycles. The van der Waals surface area contributed by atoms with Crippen LogP contribution in [0.5, 0.6) is 0 Å². The first-order valence-electron chi connectivity index (χ1n) is 7.65. The van der Waals surface area contributed by atoms with Crippen LogP contribution in [0.1, 0.15) is 0 Å². The van der Waals surface area contributed by atoms with E-state index >= 15 is 0 Å². The quantitative estimate of drug-likeness (QED) is 0.438. The van der Waals surface area contributed by atoms with Gasteiger partial charge >= 0.3 is 0 Å². The SMILES string of the molecule is Nn1c(-c2nc(-c3ccccc3)cc(-c3ccccc3)n2)n[nH]c1=S. The molecule has 25 heavy (non-hydrogen) atoms. The molecule has 0 spiro atoms. The Hall–Kier alpha value is -3.32. The van der Waals surface area contributed by atoms with Crippen molar-refractivity contribution < 1.29 is 0 Å². The fourth-order valence-electron chi connectivity index (χ4n) is 2.52. The number of hydrogen-bond donors (Lipinski definition) is 2. The zero-order valence-corrected chi connectivity index (χ0v) is 13.9. The van der Waals surface area contributed by atoms with Crippen molar-refractivity contribution in [3.63, 3.8) is 0 Å². The molecule has 0 bridgehead atoms. The molecule has 0 aliphatic carbocycles. The maximum Gasteiger partial charge on any atom is 0.218 e. The van der Waals surface area contributed by atoms with Gasteiger partial charge in [-0.3, -0.25) is 0 Å². The topological polar surface area (TPSA) is 85.4 Å². The van der Waals surface area contributed by atoms with Crippen molar-refractivity contribution in [1.82, 2.24) is 24.8 Å². The number of nitrogens with two attached hydrogens (primary N) is 1. The molecule has 0 fully saturated rings. The highest BCUT2D eigenvalue weighted by atomic mass is 32.1. The second kappa shape index (κ2) is 6.29. The number of rotatable bonds is 3. The first kappa shape index (κ1) is 15.2. The van der Waals surface area contributed by atoms with Gasteiger partial charge in [0.2, 0.25) is 16.4 Å². The summed E-state index contributed by atoms with van der Waals surface area (Å²) in [6, 6.07) is 21.8. The van der Waals surface area contributed by atoms with E-state index in [1.54, 1.807) is 0 Å². The molecule has 0 aliphatic heterocycles. The molecule has 122 valence electrons. The lowest BCUT2D eigenvalue weighted by Gasteiger charge is -2.08. The molecule has 3 N–H and O–H groups in total. The highest BCUT2D eigenvalue weighted by Crippen LogP contribution is 2.26. The zero-order valence-electron chi connectivity index (χ0n) is 13.1. The van der Waals surface area contributed by atoms with E-state index in [1.165, 1.54) is 4.68 Å². The third-order valence-corrected chi connectivity index (χ3v) is 4.06. The maximum absolute atomic E-state index is 5.95. The number of aromatic nitrogens is 5. The number of nitrogens with one attached hydrogen (secondary N) is 1. The molecular formula is C18H14N6S. The van der Waals surface area contributed by atoms with Gasteiger partial charge in [-0.1, -0.05) is 60.7 Å². The van der Waals surface area contributed by atoms with Crippen LogP contribution in [-0.2, 0) is 0 Å². The van der Waals surface area contributed by atoms with Crippen molar-refractivity contribution in [3.8, 4) is 34.2 Å². The summed E-state index contributed by atoms with van der Waals surface area (Å²) in [5, 5.41) is 6.82. The van der Waals surface area contributed by atoms with E-state index in [2.05, 4.69) is 20.2 Å². The molecule has 0 radical (unpaired) electrons. The minimum atomic E-state index is 0.310. The third-order valence-electron chi connectivity index (χ3n) is 3.77. The molecule has 2 heterocycles. The Morgan fingerprint density at radius 1 is 0.840 bits per heavy atom. The molecule has 0 unspecified atom stereocenters. The van der Waals surface area contributed by atoms with Crippen molar-refractivity contribution in [2.24, 2.45) is 0 Å². The van der Waals surface area contributed by atoms with Gasteiger partial charge in [0.25, 0.3) is 0 Å². The van der Waals surface area contributed by atoms with Crippen molar-refractivity contribution in [2.45, 2.75) is 0 Å². The van der Waals surface area contributed by atoms with Crippen LogP contribution in [-0.4, -0.2) is 24.8 Å². The van der Waals surface area contributed by atoms with Crippen molar-refractivity contribution in [2.75, 3.05) is 5.84 Å². The summed E-state index contributed by atoms with van der Waals surface area (Å²) in [6.07, 6.45) is 0. The Labute approximate surface area is 149 Å². The molecule has 0 aliphatic rings. The number of hydrogen-bond acceptors (Lipinski definition) is 5. The van der Waals surface area contributed by atoms with Crippen LogP contribution in [0.15, 0.2) is 66.7 Å². The standard InChI is InChI=1S/C18H14N6S/c19-24-17(22-23-18(24)25)16-20-14(12-7-3-1-4-8-12)11-15(21-16)13-9-5-2-6-10-13/h1-11H,19H2,(H,23,25). The molecule has 0 atom stereocenters. The second-order valence-corrected chi connectivity index (χ2v) is 5.80. The monoisotopic (exact) mass is 346 g/mol. The Bertz CT molecular complexity index is 1010. The summed E-state index contributed by atoms with van der Waals surface area (Å²) < 4.78 is 1.58. The first-order valence-corrected chi connectivity index (χ1v) is 8.06. The largest absolute Gasteiger partial charge is 0.335 e. The average Bonchev–Trinajstić information content (AvgIpc) is 3.02. The van der Waals surface area contributed by atoms with E-state index < -0.39 is 0 Å². The van der Waals surface area contributed by atoms with Gasteiger partial charge in [0.15, 0.2) is 0 Å². The molecule has 0 saturated carbocycles. The molecule has 0 amide bonds. The van der Waals surface area contributed by atoms with Gasteiger partial charge in [-0.25, -0.2) is 19.7 Å². The van der Waals surface area contributed by atoms with Gasteiger partial charge < -0.3 is 5.84 Å². The molecule has 2 aromatic carbocycles. The highest BCUT2D eigenvalue weighted by molar-refractivity contribution is 7.71. The van der Waals surface area contributed by atoms with E-state index in [0.29, 0.717) is 16.4 Å². The summed E-state index contributed by atoms with van der Waals surface area (Å²) in [4.78, 5) is 9.27. The van der Waals surface area contributed by atoms with Crippen LogP contribution in [0.3, 0.4) is 0 Å². The predicted molar refractivity (Wildman–Crippen MR) is 99.5 cm³/mol. The van der Waals surface area contributed by atoms with Crippen molar-refractivity contribution >= 4 is 12.2 Å². The zero-order chi connectivity index (χ0) is 17.2. The van der Waals surface area contributed by atoms with Crippen molar-refractivity contribution in [3.05, 3.63) is 71.5 Å². The Morgan fingerprint density at radius 2 is 1.36 bits per heavy atom. The lowest BCUT2D eigenvalue weighted by atomic mass is 10.1. The van der Waals surface area contributed by atoms with Crippen LogP contribution in [0.25, 0.3) is 34.2 Å². The van der Waals surface area contributed by atoms with Crippen LogP contribution in [0.2, 0.25) is 0 Å². The smallest absolute Gasteiger partial charge is 0.218 e. The second-order valence-electron chi connectivity index (χ2n) is 5.42. The van der Waals surface area contributed by atoms with Gasteiger partial charge in [-0.15, -0.1) is 5.10 Å². The molecule has 7 heteroatoms. The van der Waals surface area contributed by atoms with Crippen LogP contribution < -0.4 is 5.84 Å². The van der Waals surface area contributed by atoms with Gasteiger partial charge in [0.05, 0.1) is 11.4 Å². The molecule has 2 aromatic heterocycles. The van der Waals surface area contributed by atoms with Gasteiger partial charge in [0, 0.05) is 11.1 Å². The fraction of sp³-hybridized carbons (Fsp3) is 0. The van der Waals surface area contributed by atoms with Gasteiger partial charge in [0.1, 0.15) is 0 Å². The van der Waals surface area contributed by atoms with Gasteiger partial charge in [-0.2, -0.15) is 0 Å². The van der Waals surface area contributed by atoms with E-state index in [0.717, 1.165) is 22.5 Å². The molecule has 4 aromatic rings. The van der Waals surface area contributed by atoms with Crippen LogP contribution >= 0.6 is 12.2 Å². The minimum Gasteiger partial charge on any atom is -0.335 e. The van der Waals surface area contributed by atoms with Crippen LogP contribution in [0, 0.1) is 4.77 Å². The highest BCUT2D eigenvalue weighted by Gasteiger charge is 2.14.